The molecule has 0 radical (unpaired) electrons. The fourth-order valence-corrected chi connectivity index (χ4v) is 2.24. The highest BCUT2D eigenvalue weighted by Gasteiger charge is 2.08. The summed E-state index contributed by atoms with van der Waals surface area (Å²) in [5.41, 5.74) is 9.80. The zero-order chi connectivity index (χ0) is 13.4. The van der Waals surface area contributed by atoms with Gasteiger partial charge in [-0.15, -0.1) is 0 Å². The summed E-state index contributed by atoms with van der Waals surface area (Å²) < 4.78 is 15.1. The van der Waals surface area contributed by atoms with Crippen LogP contribution in [0.1, 0.15) is 11.1 Å². The Hall–Kier alpha value is -2.36. The van der Waals surface area contributed by atoms with Crippen LogP contribution in [0.3, 0.4) is 0 Å². The Morgan fingerprint density at radius 1 is 1.21 bits per heavy atom. The normalized spacial score (nSPS) is 11.1. The molecular weight excluding hydrogens is 241 g/mol. The second-order valence-corrected chi connectivity index (χ2v) is 4.68. The van der Waals surface area contributed by atoms with Crippen LogP contribution < -0.4 is 5.73 Å². The maximum absolute atomic E-state index is 13.2. The molecule has 0 unspecified atom stereocenters. The van der Waals surface area contributed by atoms with E-state index in [2.05, 4.69) is 4.98 Å². The fourth-order valence-electron chi connectivity index (χ4n) is 2.24. The van der Waals surface area contributed by atoms with Crippen molar-refractivity contribution in [2.75, 3.05) is 5.73 Å². The molecular formula is C15H14FN3. The van der Waals surface area contributed by atoms with Gasteiger partial charge in [0.2, 0.25) is 5.95 Å². The first kappa shape index (κ1) is 11.7. The molecule has 0 saturated heterocycles. The summed E-state index contributed by atoms with van der Waals surface area (Å²) in [6.07, 6.45) is 0. The molecule has 1 aromatic heterocycles. The lowest BCUT2D eigenvalue weighted by molar-refractivity contribution is 0.624. The standard InChI is InChI=1S/C15H14FN3/c1-10-5-6-13-14(7-10)19(15(17)18-13)9-11-3-2-4-12(16)8-11/h2-8H,9H2,1H3,(H2,17,18). The lowest BCUT2D eigenvalue weighted by Gasteiger charge is -2.07. The Morgan fingerprint density at radius 3 is 2.84 bits per heavy atom. The van der Waals surface area contributed by atoms with E-state index in [1.54, 1.807) is 6.07 Å². The smallest absolute Gasteiger partial charge is 0.201 e. The number of benzene rings is 2. The summed E-state index contributed by atoms with van der Waals surface area (Å²) in [4.78, 5) is 4.32. The third kappa shape index (κ3) is 2.17. The number of nitrogens with two attached hydrogens (primary N) is 1. The van der Waals surface area contributed by atoms with Gasteiger partial charge in [0, 0.05) is 0 Å². The number of aryl methyl sites for hydroxylation is 1. The van der Waals surface area contributed by atoms with Gasteiger partial charge < -0.3 is 10.3 Å². The molecule has 3 nitrogen and oxygen atoms in total. The molecule has 0 amide bonds. The number of nitrogens with zero attached hydrogens (tertiary/aromatic N) is 2. The summed E-state index contributed by atoms with van der Waals surface area (Å²) in [5.74, 6) is 0.210. The van der Waals surface area contributed by atoms with Gasteiger partial charge >= 0.3 is 0 Å². The van der Waals surface area contributed by atoms with E-state index in [1.807, 2.05) is 35.8 Å². The Kier molecular flexibility index (Phi) is 2.71. The van der Waals surface area contributed by atoms with Crippen molar-refractivity contribution in [3.63, 3.8) is 0 Å². The maximum atomic E-state index is 13.2. The third-order valence-electron chi connectivity index (χ3n) is 3.16. The first-order valence-electron chi connectivity index (χ1n) is 6.10. The van der Waals surface area contributed by atoms with E-state index >= 15 is 0 Å². The van der Waals surface area contributed by atoms with Crippen molar-refractivity contribution in [1.82, 2.24) is 9.55 Å². The van der Waals surface area contributed by atoms with Crippen LogP contribution in [0.5, 0.6) is 0 Å². The number of anilines is 1. The zero-order valence-electron chi connectivity index (χ0n) is 10.6. The summed E-state index contributed by atoms with van der Waals surface area (Å²) in [6, 6.07) is 12.5. The van der Waals surface area contributed by atoms with Crippen molar-refractivity contribution >= 4 is 17.0 Å². The Labute approximate surface area is 110 Å². The molecule has 0 aliphatic rings. The Bertz CT molecular complexity index is 746. The second-order valence-electron chi connectivity index (χ2n) is 4.68. The minimum atomic E-state index is -0.239. The van der Waals surface area contributed by atoms with Gasteiger partial charge in [0.05, 0.1) is 17.6 Å². The molecule has 3 rings (SSSR count). The van der Waals surface area contributed by atoms with Gasteiger partial charge in [0.1, 0.15) is 5.82 Å². The molecule has 1 heterocycles. The number of nitrogen functional groups attached to an aromatic ring is 1. The topological polar surface area (TPSA) is 43.8 Å². The van der Waals surface area contributed by atoms with E-state index in [4.69, 9.17) is 5.73 Å². The van der Waals surface area contributed by atoms with Gasteiger partial charge in [-0.25, -0.2) is 9.37 Å². The summed E-state index contributed by atoms with van der Waals surface area (Å²) in [6.45, 7) is 2.54. The van der Waals surface area contributed by atoms with Crippen LogP contribution in [0.15, 0.2) is 42.5 Å². The molecule has 3 aromatic rings. The quantitative estimate of drug-likeness (QED) is 0.764. The molecule has 19 heavy (non-hydrogen) atoms. The minimum absolute atomic E-state index is 0.239. The monoisotopic (exact) mass is 255 g/mol. The molecule has 0 bridgehead atoms. The number of aromatic nitrogens is 2. The van der Waals surface area contributed by atoms with Gasteiger partial charge in [0.15, 0.2) is 0 Å². The van der Waals surface area contributed by atoms with Crippen LogP contribution in [0.2, 0.25) is 0 Å². The summed E-state index contributed by atoms with van der Waals surface area (Å²) in [5, 5.41) is 0. The van der Waals surface area contributed by atoms with Crippen LogP contribution >= 0.6 is 0 Å². The van der Waals surface area contributed by atoms with Crippen molar-refractivity contribution in [3.05, 3.63) is 59.4 Å². The number of fused-ring (bicyclic) bond motifs is 1. The first-order valence-corrected chi connectivity index (χ1v) is 6.10. The first-order chi connectivity index (χ1) is 9.13. The van der Waals surface area contributed by atoms with Gasteiger partial charge in [-0.1, -0.05) is 18.2 Å². The van der Waals surface area contributed by atoms with Gasteiger partial charge in [0.25, 0.3) is 0 Å². The van der Waals surface area contributed by atoms with Gasteiger partial charge in [-0.3, -0.25) is 0 Å². The Balaban J connectivity index is 2.09. The second kappa shape index (κ2) is 4.39. The van der Waals surface area contributed by atoms with Crippen LogP contribution in [0.25, 0.3) is 11.0 Å². The molecule has 0 atom stereocenters. The van der Waals surface area contributed by atoms with E-state index in [0.717, 1.165) is 22.2 Å². The molecule has 0 spiro atoms. The highest BCUT2D eigenvalue weighted by atomic mass is 19.1. The SMILES string of the molecule is Cc1ccc2nc(N)n(Cc3cccc(F)c3)c2c1. The van der Waals surface area contributed by atoms with Gasteiger partial charge in [-0.05, 0) is 42.3 Å². The predicted molar refractivity (Wildman–Crippen MR) is 74.4 cm³/mol. The van der Waals surface area contributed by atoms with Crippen LogP contribution in [-0.2, 0) is 6.54 Å². The van der Waals surface area contributed by atoms with E-state index in [0.29, 0.717) is 12.5 Å². The van der Waals surface area contributed by atoms with E-state index < -0.39 is 0 Å². The van der Waals surface area contributed by atoms with E-state index in [9.17, 15) is 4.39 Å². The maximum Gasteiger partial charge on any atom is 0.201 e. The van der Waals surface area contributed by atoms with Gasteiger partial charge in [-0.2, -0.15) is 0 Å². The number of rotatable bonds is 2. The molecule has 0 fully saturated rings. The van der Waals surface area contributed by atoms with Crippen LogP contribution in [0, 0.1) is 12.7 Å². The summed E-state index contributed by atoms with van der Waals surface area (Å²) >= 11 is 0. The Morgan fingerprint density at radius 2 is 2.05 bits per heavy atom. The third-order valence-corrected chi connectivity index (χ3v) is 3.16. The van der Waals surface area contributed by atoms with Crippen molar-refractivity contribution in [2.24, 2.45) is 0 Å². The van der Waals surface area contributed by atoms with Crippen molar-refractivity contribution in [2.45, 2.75) is 13.5 Å². The molecule has 0 aliphatic heterocycles. The van der Waals surface area contributed by atoms with Crippen molar-refractivity contribution < 1.29 is 4.39 Å². The molecule has 4 heteroatoms. The molecule has 2 N–H and O–H groups in total. The molecule has 0 aliphatic carbocycles. The number of hydrogen-bond donors (Lipinski definition) is 1. The zero-order valence-corrected chi connectivity index (χ0v) is 10.6. The van der Waals surface area contributed by atoms with E-state index in [1.165, 1.54) is 12.1 Å². The van der Waals surface area contributed by atoms with Crippen molar-refractivity contribution in [1.29, 1.82) is 0 Å². The summed E-state index contributed by atoms with van der Waals surface area (Å²) in [7, 11) is 0. The number of imidazole rings is 1. The van der Waals surface area contributed by atoms with Crippen molar-refractivity contribution in [3.8, 4) is 0 Å². The molecule has 0 saturated carbocycles. The lowest BCUT2D eigenvalue weighted by atomic mass is 10.2. The average Bonchev–Trinajstić information content (AvgIpc) is 2.66. The highest BCUT2D eigenvalue weighted by molar-refractivity contribution is 5.79. The predicted octanol–water partition coefficient (Wildman–Crippen LogP) is 3.11. The minimum Gasteiger partial charge on any atom is -0.369 e. The molecule has 2 aromatic carbocycles. The fraction of sp³-hybridized carbons (Fsp3) is 0.133. The average molecular weight is 255 g/mol. The van der Waals surface area contributed by atoms with E-state index in [-0.39, 0.29) is 5.82 Å². The van der Waals surface area contributed by atoms with Crippen LogP contribution in [0.4, 0.5) is 10.3 Å². The lowest BCUT2D eigenvalue weighted by Crippen LogP contribution is -2.04. The number of hydrogen-bond acceptors (Lipinski definition) is 2. The largest absolute Gasteiger partial charge is 0.369 e. The van der Waals surface area contributed by atoms with Crippen LogP contribution in [-0.4, -0.2) is 9.55 Å². The number of halogens is 1. The highest BCUT2D eigenvalue weighted by Crippen LogP contribution is 2.20. The molecule has 96 valence electrons.